The van der Waals surface area contributed by atoms with Crippen LogP contribution in [0, 0.1) is 0 Å². The van der Waals surface area contributed by atoms with Gasteiger partial charge in [0.1, 0.15) is 5.75 Å². The Balaban J connectivity index is 2.13. The van der Waals surface area contributed by atoms with Crippen LogP contribution >= 0.6 is 0 Å². The van der Waals surface area contributed by atoms with Gasteiger partial charge in [0.15, 0.2) is 0 Å². The molecule has 0 atom stereocenters. The first kappa shape index (κ1) is 13.4. The van der Waals surface area contributed by atoms with E-state index < -0.39 is 0 Å². The Labute approximate surface area is 115 Å². The van der Waals surface area contributed by atoms with Gasteiger partial charge in [0, 0.05) is 0 Å². The van der Waals surface area contributed by atoms with Crippen LogP contribution in [0.5, 0.6) is 5.75 Å². The van der Waals surface area contributed by atoms with E-state index in [0.29, 0.717) is 5.92 Å². The number of benzene rings is 2. The lowest BCUT2D eigenvalue weighted by Crippen LogP contribution is -1.86. The van der Waals surface area contributed by atoms with Crippen molar-refractivity contribution in [3.05, 3.63) is 65.2 Å². The molecule has 0 spiro atoms. The average molecular weight is 252 g/mol. The first-order valence-electron chi connectivity index (χ1n) is 6.61. The Bertz CT molecular complexity index is 550. The second-order valence-electron chi connectivity index (χ2n) is 4.93. The quantitative estimate of drug-likeness (QED) is 0.697. The van der Waals surface area contributed by atoms with Gasteiger partial charge in [-0.15, -0.1) is 0 Å². The Hall–Kier alpha value is -2.02. The highest BCUT2D eigenvalue weighted by atomic mass is 16.5. The zero-order valence-corrected chi connectivity index (χ0v) is 11.8. The predicted octanol–water partition coefficient (Wildman–Crippen LogP) is 4.99. The molecule has 0 aromatic heterocycles. The minimum atomic E-state index is 0.580. The van der Waals surface area contributed by atoms with Gasteiger partial charge in [0.05, 0.1) is 7.11 Å². The first-order valence-corrected chi connectivity index (χ1v) is 6.61. The molecule has 0 radical (unpaired) electrons. The van der Waals surface area contributed by atoms with E-state index in [0.717, 1.165) is 11.3 Å². The van der Waals surface area contributed by atoms with Crippen molar-refractivity contribution in [1.29, 1.82) is 0 Å². The van der Waals surface area contributed by atoms with E-state index in [1.807, 2.05) is 18.2 Å². The summed E-state index contributed by atoms with van der Waals surface area (Å²) in [7, 11) is 1.69. The molecule has 0 saturated carbocycles. The standard InChI is InChI=1S/C18H20O/c1-14(2)17-11-9-15(10-12-17)7-8-16-5-4-6-18(13-16)19-3/h4-14H,1-3H3/b8-7-. The van der Waals surface area contributed by atoms with Crippen LogP contribution < -0.4 is 4.74 Å². The molecule has 0 saturated heterocycles. The van der Waals surface area contributed by atoms with Crippen molar-refractivity contribution < 1.29 is 4.74 Å². The van der Waals surface area contributed by atoms with E-state index in [-0.39, 0.29) is 0 Å². The highest BCUT2D eigenvalue weighted by molar-refractivity contribution is 5.70. The Morgan fingerprint density at radius 2 is 1.58 bits per heavy atom. The maximum Gasteiger partial charge on any atom is 0.119 e. The molecule has 0 bridgehead atoms. The third-order valence-electron chi connectivity index (χ3n) is 3.17. The smallest absolute Gasteiger partial charge is 0.119 e. The molecular weight excluding hydrogens is 232 g/mol. The van der Waals surface area contributed by atoms with Crippen molar-refractivity contribution in [2.75, 3.05) is 7.11 Å². The Morgan fingerprint density at radius 3 is 2.21 bits per heavy atom. The maximum absolute atomic E-state index is 5.22. The van der Waals surface area contributed by atoms with Crippen LogP contribution in [0.1, 0.15) is 36.5 Å². The molecule has 0 amide bonds. The van der Waals surface area contributed by atoms with Crippen LogP contribution in [0.2, 0.25) is 0 Å². The zero-order chi connectivity index (χ0) is 13.7. The molecule has 2 aromatic carbocycles. The van der Waals surface area contributed by atoms with Crippen molar-refractivity contribution >= 4 is 12.2 Å². The average Bonchev–Trinajstić information content (AvgIpc) is 2.46. The molecular formula is C18H20O. The molecule has 0 aliphatic carbocycles. The minimum Gasteiger partial charge on any atom is -0.497 e. The fourth-order valence-electron chi connectivity index (χ4n) is 1.93. The predicted molar refractivity (Wildman–Crippen MR) is 82.5 cm³/mol. The van der Waals surface area contributed by atoms with Crippen LogP contribution in [0.3, 0.4) is 0 Å². The fraction of sp³-hybridized carbons (Fsp3) is 0.222. The normalized spacial score (nSPS) is 11.2. The lowest BCUT2D eigenvalue weighted by atomic mass is 10.0. The van der Waals surface area contributed by atoms with Gasteiger partial charge in [-0.05, 0) is 34.7 Å². The van der Waals surface area contributed by atoms with E-state index in [2.05, 4.69) is 56.3 Å². The van der Waals surface area contributed by atoms with Crippen molar-refractivity contribution in [1.82, 2.24) is 0 Å². The van der Waals surface area contributed by atoms with Gasteiger partial charge in [0.25, 0.3) is 0 Å². The Kier molecular flexibility index (Phi) is 4.40. The summed E-state index contributed by atoms with van der Waals surface area (Å²) < 4.78 is 5.22. The highest BCUT2D eigenvalue weighted by Crippen LogP contribution is 2.17. The van der Waals surface area contributed by atoms with Crippen LogP contribution in [-0.4, -0.2) is 7.11 Å². The summed E-state index contributed by atoms with van der Waals surface area (Å²) in [6.07, 6.45) is 4.23. The van der Waals surface area contributed by atoms with Crippen molar-refractivity contribution in [3.63, 3.8) is 0 Å². The molecule has 19 heavy (non-hydrogen) atoms. The topological polar surface area (TPSA) is 9.23 Å². The van der Waals surface area contributed by atoms with Gasteiger partial charge in [-0.2, -0.15) is 0 Å². The zero-order valence-electron chi connectivity index (χ0n) is 11.8. The molecule has 0 aliphatic rings. The molecule has 98 valence electrons. The second-order valence-corrected chi connectivity index (χ2v) is 4.93. The molecule has 2 rings (SSSR count). The van der Waals surface area contributed by atoms with E-state index in [1.165, 1.54) is 11.1 Å². The van der Waals surface area contributed by atoms with E-state index in [9.17, 15) is 0 Å². The first-order chi connectivity index (χ1) is 9.19. The number of hydrogen-bond acceptors (Lipinski definition) is 1. The summed E-state index contributed by atoms with van der Waals surface area (Å²) in [6.45, 7) is 4.42. The molecule has 1 nitrogen and oxygen atoms in total. The maximum atomic E-state index is 5.22. The molecule has 0 aliphatic heterocycles. The van der Waals surface area contributed by atoms with Gasteiger partial charge in [-0.25, -0.2) is 0 Å². The summed E-state index contributed by atoms with van der Waals surface area (Å²) >= 11 is 0. The largest absolute Gasteiger partial charge is 0.497 e. The molecule has 0 N–H and O–H groups in total. The van der Waals surface area contributed by atoms with E-state index >= 15 is 0 Å². The fourth-order valence-corrected chi connectivity index (χ4v) is 1.93. The third kappa shape index (κ3) is 3.72. The summed E-state index contributed by atoms with van der Waals surface area (Å²) in [5.41, 5.74) is 3.73. The SMILES string of the molecule is COc1cccc(/C=C\c2ccc(C(C)C)cc2)c1. The van der Waals surface area contributed by atoms with Crippen LogP contribution in [0.4, 0.5) is 0 Å². The van der Waals surface area contributed by atoms with Crippen LogP contribution in [0.15, 0.2) is 48.5 Å². The van der Waals surface area contributed by atoms with Gasteiger partial charge in [0.2, 0.25) is 0 Å². The summed E-state index contributed by atoms with van der Waals surface area (Å²) in [5, 5.41) is 0. The lowest BCUT2D eigenvalue weighted by Gasteiger charge is -2.04. The van der Waals surface area contributed by atoms with Gasteiger partial charge >= 0.3 is 0 Å². The molecule has 1 heteroatoms. The van der Waals surface area contributed by atoms with Gasteiger partial charge in [-0.3, -0.25) is 0 Å². The number of methoxy groups -OCH3 is 1. The summed E-state index contributed by atoms with van der Waals surface area (Å²) in [4.78, 5) is 0. The highest BCUT2D eigenvalue weighted by Gasteiger charge is 1.97. The van der Waals surface area contributed by atoms with Gasteiger partial charge in [-0.1, -0.05) is 62.4 Å². The monoisotopic (exact) mass is 252 g/mol. The van der Waals surface area contributed by atoms with Crippen LogP contribution in [-0.2, 0) is 0 Å². The Morgan fingerprint density at radius 1 is 0.895 bits per heavy atom. The minimum absolute atomic E-state index is 0.580. The van der Waals surface area contributed by atoms with E-state index in [1.54, 1.807) is 7.11 Å². The molecule has 2 aromatic rings. The summed E-state index contributed by atoms with van der Waals surface area (Å²) in [5.74, 6) is 1.47. The van der Waals surface area contributed by atoms with Gasteiger partial charge < -0.3 is 4.74 Å². The van der Waals surface area contributed by atoms with Crippen LogP contribution in [0.25, 0.3) is 12.2 Å². The molecule has 0 fully saturated rings. The van der Waals surface area contributed by atoms with Crippen molar-refractivity contribution in [2.45, 2.75) is 19.8 Å². The van der Waals surface area contributed by atoms with E-state index in [4.69, 9.17) is 4.74 Å². The third-order valence-corrected chi connectivity index (χ3v) is 3.17. The van der Waals surface area contributed by atoms with Crippen molar-refractivity contribution in [2.24, 2.45) is 0 Å². The van der Waals surface area contributed by atoms with Crippen molar-refractivity contribution in [3.8, 4) is 5.75 Å². The number of hydrogen-bond donors (Lipinski definition) is 0. The second kappa shape index (κ2) is 6.24. The number of ether oxygens (including phenoxy) is 1. The number of rotatable bonds is 4. The molecule has 0 unspecified atom stereocenters. The summed E-state index contributed by atoms with van der Waals surface area (Å²) in [6, 6.07) is 16.7. The molecule has 0 heterocycles. The lowest BCUT2D eigenvalue weighted by molar-refractivity contribution is 0.414.